The van der Waals surface area contributed by atoms with E-state index in [2.05, 4.69) is 26.7 Å². The van der Waals surface area contributed by atoms with E-state index in [1.54, 1.807) is 6.92 Å². The van der Waals surface area contributed by atoms with Crippen LogP contribution in [0.3, 0.4) is 0 Å². The number of piperazine rings is 1. The Morgan fingerprint density at radius 2 is 2.19 bits per heavy atom. The third kappa shape index (κ3) is 2.72. The van der Waals surface area contributed by atoms with Crippen LogP contribution in [-0.4, -0.2) is 57.7 Å². The molecule has 114 valence electrons. The molecule has 0 aromatic carbocycles. The molecular formula is C15H22N4O2. The van der Waals surface area contributed by atoms with Crippen LogP contribution in [0.4, 0.5) is 5.95 Å². The molecule has 6 nitrogen and oxygen atoms in total. The van der Waals surface area contributed by atoms with Crippen LogP contribution in [0.15, 0.2) is 6.20 Å². The minimum absolute atomic E-state index is 0.183. The Hall–Kier alpha value is -1.69. The van der Waals surface area contributed by atoms with E-state index in [-0.39, 0.29) is 5.56 Å². The Bertz CT molecular complexity index is 548. The Labute approximate surface area is 124 Å². The Balaban J connectivity index is 1.82. The summed E-state index contributed by atoms with van der Waals surface area (Å²) in [5.41, 5.74) is 0.716. The minimum Gasteiger partial charge on any atom is -0.478 e. The van der Waals surface area contributed by atoms with Crippen LogP contribution in [0.25, 0.3) is 0 Å². The van der Waals surface area contributed by atoms with Gasteiger partial charge in [-0.2, -0.15) is 0 Å². The number of rotatable bonds is 2. The number of hydrogen-bond acceptors (Lipinski definition) is 5. The maximum absolute atomic E-state index is 11.1. The first-order chi connectivity index (χ1) is 10.1. The highest BCUT2D eigenvalue weighted by atomic mass is 16.4. The van der Waals surface area contributed by atoms with E-state index in [1.165, 1.54) is 32.0 Å². The molecule has 0 bridgehead atoms. The highest BCUT2D eigenvalue weighted by Gasteiger charge is 2.34. The second kappa shape index (κ2) is 5.60. The first-order valence-corrected chi connectivity index (χ1v) is 7.64. The molecule has 1 N–H and O–H groups in total. The van der Waals surface area contributed by atoms with Gasteiger partial charge in [-0.15, -0.1) is 0 Å². The summed E-state index contributed by atoms with van der Waals surface area (Å²) in [5, 5.41) is 9.07. The van der Waals surface area contributed by atoms with E-state index in [9.17, 15) is 4.79 Å². The van der Waals surface area contributed by atoms with Gasteiger partial charge in [0.15, 0.2) is 0 Å². The first kappa shape index (κ1) is 14.3. The van der Waals surface area contributed by atoms with Gasteiger partial charge in [0.2, 0.25) is 5.95 Å². The Morgan fingerprint density at radius 3 is 2.90 bits per heavy atom. The van der Waals surface area contributed by atoms with Gasteiger partial charge in [-0.1, -0.05) is 6.42 Å². The molecule has 2 saturated heterocycles. The zero-order valence-electron chi connectivity index (χ0n) is 12.6. The first-order valence-electron chi connectivity index (χ1n) is 7.64. The van der Waals surface area contributed by atoms with Gasteiger partial charge in [0.05, 0.1) is 11.3 Å². The van der Waals surface area contributed by atoms with Crippen molar-refractivity contribution >= 4 is 11.9 Å². The number of carboxylic acids is 1. The predicted octanol–water partition coefficient (Wildman–Crippen LogP) is 1.55. The van der Waals surface area contributed by atoms with Gasteiger partial charge >= 0.3 is 5.97 Å². The van der Waals surface area contributed by atoms with Crippen LogP contribution in [0.5, 0.6) is 0 Å². The maximum Gasteiger partial charge on any atom is 0.339 e. The molecule has 1 aromatic rings. The van der Waals surface area contributed by atoms with Crippen molar-refractivity contribution in [2.45, 2.75) is 45.2 Å². The molecule has 0 spiro atoms. The molecule has 6 heteroatoms. The molecule has 3 heterocycles. The van der Waals surface area contributed by atoms with Gasteiger partial charge in [-0.25, -0.2) is 14.8 Å². The number of anilines is 1. The average molecular weight is 290 g/mol. The normalized spacial score (nSPS) is 26.5. The lowest BCUT2D eigenvalue weighted by Gasteiger charge is -2.47. The van der Waals surface area contributed by atoms with Crippen molar-refractivity contribution in [3.05, 3.63) is 17.5 Å². The molecule has 21 heavy (non-hydrogen) atoms. The Morgan fingerprint density at radius 1 is 1.38 bits per heavy atom. The van der Waals surface area contributed by atoms with Crippen molar-refractivity contribution in [3.63, 3.8) is 0 Å². The fourth-order valence-corrected chi connectivity index (χ4v) is 3.43. The summed E-state index contributed by atoms with van der Waals surface area (Å²) in [6.45, 7) is 7.09. The number of nitrogens with zero attached hydrogens (tertiary/aromatic N) is 4. The standard InChI is InChI=1S/C15H22N4O2/c1-10-8-18-6-4-3-5-12(18)9-19(10)15-16-7-13(14(20)21)11(2)17-15/h7,10,12H,3-6,8-9H2,1-2H3,(H,20,21). The summed E-state index contributed by atoms with van der Waals surface area (Å²) in [4.78, 5) is 24.6. The third-order valence-electron chi connectivity index (χ3n) is 4.64. The van der Waals surface area contributed by atoms with Crippen LogP contribution >= 0.6 is 0 Å². The van der Waals surface area contributed by atoms with Gasteiger partial charge in [0.1, 0.15) is 0 Å². The predicted molar refractivity (Wildman–Crippen MR) is 79.7 cm³/mol. The molecule has 0 saturated carbocycles. The molecule has 0 amide bonds. The van der Waals surface area contributed by atoms with E-state index < -0.39 is 5.97 Å². The monoisotopic (exact) mass is 290 g/mol. The number of aromatic carboxylic acids is 1. The molecular weight excluding hydrogens is 268 g/mol. The minimum atomic E-state index is -0.968. The highest BCUT2D eigenvalue weighted by molar-refractivity contribution is 5.88. The zero-order valence-corrected chi connectivity index (χ0v) is 12.6. The van der Waals surface area contributed by atoms with E-state index in [0.29, 0.717) is 23.7 Å². The molecule has 1 aromatic heterocycles. The van der Waals surface area contributed by atoms with Crippen LogP contribution in [0, 0.1) is 6.92 Å². The van der Waals surface area contributed by atoms with Crippen LogP contribution in [0.2, 0.25) is 0 Å². The van der Waals surface area contributed by atoms with Crippen molar-refractivity contribution in [1.29, 1.82) is 0 Å². The summed E-state index contributed by atoms with van der Waals surface area (Å²) in [6.07, 6.45) is 5.25. The molecule has 0 radical (unpaired) electrons. The smallest absolute Gasteiger partial charge is 0.339 e. The quantitative estimate of drug-likeness (QED) is 0.891. The number of aryl methyl sites for hydroxylation is 1. The summed E-state index contributed by atoms with van der Waals surface area (Å²) in [7, 11) is 0. The molecule has 0 aliphatic carbocycles. The number of hydrogen-bond donors (Lipinski definition) is 1. The van der Waals surface area contributed by atoms with Crippen molar-refractivity contribution in [2.24, 2.45) is 0 Å². The van der Waals surface area contributed by atoms with Crippen molar-refractivity contribution in [2.75, 3.05) is 24.5 Å². The van der Waals surface area contributed by atoms with Gasteiger partial charge in [-0.05, 0) is 33.2 Å². The number of piperidine rings is 1. The van der Waals surface area contributed by atoms with E-state index in [0.717, 1.165) is 13.1 Å². The summed E-state index contributed by atoms with van der Waals surface area (Å²) >= 11 is 0. The SMILES string of the molecule is Cc1nc(N2CC3CCCCN3CC2C)ncc1C(=O)O. The van der Waals surface area contributed by atoms with Crippen LogP contribution < -0.4 is 4.90 Å². The average Bonchev–Trinajstić information content (AvgIpc) is 2.46. The number of fused-ring (bicyclic) bond motifs is 1. The van der Waals surface area contributed by atoms with E-state index in [4.69, 9.17) is 5.11 Å². The fraction of sp³-hybridized carbons (Fsp3) is 0.667. The summed E-state index contributed by atoms with van der Waals surface area (Å²) in [5.74, 6) is -0.306. The van der Waals surface area contributed by atoms with Crippen molar-refractivity contribution in [1.82, 2.24) is 14.9 Å². The number of carbonyl (C=O) groups is 1. The topological polar surface area (TPSA) is 69.6 Å². The van der Waals surface area contributed by atoms with Gasteiger partial charge < -0.3 is 10.0 Å². The van der Waals surface area contributed by atoms with E-state index >= 15 is 0 Å². The zero-order chi connectivity index (χ0) is 15.0. The van der Waals surface area contributed by atoms with Gasteiger partial charge in [-0.3, -0.25) is 4.90 Å². The second-order valence-electron chi connectivity index (χ2n) is 6.12. The lowest BCUT2D eigenvalue weighted by molar-refractivity contribution is 0.0695. The fourth-order valence-electron chi connectivity index (χ4n) is 3.43. The lowest BCUT2D eigenvalue weighted by atomic mass is 9.97. The molecule has 2 aliphatic rings. The number of carboxylic acid groups (broad SMARTS) is 1. The highest BCUT2D eigenvalue weighted by Crippen LogP contribution is 2.26. The largest absolute Gasteiger partial charge is 0.478 e. The third-order valence-corrected chi connectivity index (χ3v) is 4.64. The maximum atomic E-state index is 11.1. The summed E-state index contributed by atoms with van der Waals surface area (Å²) in [6, 6.07) is 0.937. The Kier molecular flexibility index (Phi) is 3.80. The molecule has 2 unspecified atom stereocenters. The van der Waals surface area contributed by atoms with Gasteiger partial charge in [0, 0.05) is 31.4 Å². The summed E-state index contributed by atoms with van der Waals surface area (Å²) < 4.78 is 0. The molecule has 2 atom stereocenters. The van der Waals surface area contributed by atoms with Crippen LogP contribution in [-0.2, 0) is 0 Å². The lowest BCUT2D eigenvalue weighted by Crippen LogP contribution is -2.59. The molecule has 2 fully saturated rings. The van der Waals surface area contributed by atoms with Crippen LogP contribution in [0.1, 0.15) is 42.2 Å². The second-order valence-corrected chi connectivity index (χ2v) is 6.12. The van der Waals surface area contributed by atoms with Crippen molar-refractivity contribution in [3.8, 4) is 0 Å². The van der Waals surface area contributed by atoms with Gasteiger partial charge in [0.25, 0.3) is 0 Å². The van der Waals surface area contributed by atoms with Crippen molar-refractivity contribution < 1.29 is 9.90 Å². The number of aromatic nitrogens is 2. The molecule has 2 aliphatic heterocycles. The van der Waals surface area contributed by atoms with E-state index in [1.807, 2.05) is 0 Å². The molecule has 3 rings (SSSR count).